The second-order valence-corrected chi connectivity index (χ2v) is 6.21. The van der Waals surface area contributed by atoms with Crippen LogP contribution in [0, 0.1) is 20.8 Å². The van der Waals surface area contributed by atoms with Crippen molar-refractivity contribution in [3.63, 3.8) is 0 Å². The van der Waals surface area contributed by atoms with E-state index in [1.54, 1.807) is 24.3 Å². The zero-order valence-corrected chi connectivity index (χ0v) is 15.5. The lowest BCUT2D eigenvalue weighted by Gasteiger charge is -2.10. The van der Waals surface area contributed by atoms with Crippen LogP contribution in [-0.2, 0) is 4.79 Å². The number of rotatable bonds is 6. The number of ether oxygens (including phenoxy) is 2. The molecule has 6 heteroatoms. The van der Waals surface area contributed by atoms with E-state index in [0.717, 1.165) is 17.0 Å². The van der Waals surface area contributed by atoms with Crippen molar-refractivity contribution in [3.8, 4) is 17.5 Å². The lowest BCUT2D eigenvalue weighted by molar-refractivity contribution is -0.118. The number of aromatic nitrogens is 2. The molecule has 6 nitrogen and oxygen atoms in total. The fraction of sp³-hybridized carbons (Fsp3) is 0.190. The van der Waals surface area contributed by atoms with Crippen LogP contribution in [0.15, 0.2) is 54.6 Å². The summed E-state index contributed by atoms with van der Waals surface area (Å²) in [5, 5.41) is 2.79. The number of anilines is 1. The SMILES string of the molecule is Cc1ccc(OCC(=O)Nc2cccc(Oc3nc(C)cc(C)n3)c2)cc1. The van der Waals surface area contributed by atoms with Gasteiger partial charge in [0.2, 0.25) is 0 Å². The van der Waals surface area contributed by atoms with E-state index in [0.29, 0.717) is 17.2 Å². The van der Waals surface area contributed by atoms with Gasteiger partial charge in [-0.15, -0.1) is 0 Å². The Balaban J connectivity index is 1.59. The summed E-state index contributed by atoms with van der Waals surface area (Å²) >= 11 is 0. The third kappa shape index (κ3) is 5.54. The third-order valence-corrected chi connectivity index (χ3v) is 3.68. The molecular formula is C21H21N3O3. The van der Waals surface area contributed by atoms with Gasteiger partial charge >= 0.3 is 6.01 Å². The van der Waals surface area contributed by atoms with Gasteiger partial charge in [-0.25, -0.2) is 9.97 Å². The molecule has 27 heavy (non-hydrogen) atoms. The largest absolute Gasteiger partial charge is 0.484 e. The van der Waals surface area contributed by atoms with Gasteiger partial charge in [-0.05, 0) is 51.1 Å². The molecule has 0 saturated heterocycles. The molecule has 3 aromatic rings. The summed E-state index contributed by atoms with van der Waals surface area (Å²) in [6.45, 7) is 5.68. The highest BCUT2D eigenvalue weighted by Gasteiger charge is 2.07. The van der Waals surface area contributed by atoms with Gasteiger partial charge in [0.05, 0.1) is 0 Å². The van der Waals surface area contributed by atoms with Crippen molar-refractivity contribution in [2.75, 3.05) is 11.9 Å². The number of aryl methyl sites for hydroxylation is 3. The van der Waals surface area contributed by atoms with Crippen LogP contribution in [0.5, 0.6) is 17.5 Å². The maximum absolute atomic E-state index is 12.1. The van der Waals surface area contributed by atoms with Crippen LogP contribution in [0.3, 0.4) is 0 Å². The van der Waals surface area contributed by atoms with E-state index in [1.165, 1.54) is 0 Å². The van der Waals surface area contributed by atoms with Gasteiger partial charge < -0.3 is 14.8 Å². The summed E-state index contributed by atoms with van der Waals surface area (Å²) in [5.41, 5.74) is 3.40. The Labute approximate surface area is 158 Å². The minimum absolute atomic E-state index is 0.0751. The van der Waals surface area contributed by atoms with Crippen molar-refractivity contribution in [2.24, 2.45) is 0 Å². The Kier molecular flexibility index (Phi) is 5.66. The predicted molar refractivity (Wildman–Crippen MR) is 103 cm³/mol. The second kappa shape index (κ2) is 8.31. The molecular weight excluding hydrogens is 342 g/mol. The van der Waals surface area contributed by atoms with Crippen LogP contribution in [0.1, 0.15) is 17.0 Å². The summed E-state index contributed by atoms with van der Waals surface area (Å²) in [6.07, 6.45) is 0. The van der Waals surface area contributed by atoms with Crippen LogP contribution < -0.4 is 14.8 Å². The standard InChI is InChI=1S/C21H21N3O3/c1-14-7-9-18(10-8-14)26-13-20(25)24-17-5-4-6-19(12-17)27-21-22-15(2)11-16(3)23-21/h4-12H,13H2,1-3H3,(H,24,25). The van der Waals surface area contributed by atoms with Crippen molar-refractivity contribution in [3.05, 3.63) is 71.5 Å². The molecule has 0 bridgehead atoms. The molecule has 0 atom stereocenters. The van der Waals surface area contributed by atoms with Gasteiger partial charge in [-0.3, -0.25) is 4.79 Å². The van der Waals surface area contributed by atoms with Crippen molar-refractivity contribution in [2.45, 2.75) is 20.8 Å². The molecule has 0 aliphatic rings. The van der Waals surface area contributed by atoms with Gasteiger partial charge in [0.25, 0.3) is 5.91 Å². The minimum atomic E-state index is -0.254. The van der Waals surface area contributed by atoms with Crippen LogP contribution in [-0.4, -0.2) is 22.5 Å². The smallest absolute Gasteiger partial charge is 0.322 e. The predicted octanol–water partition coefficient (Wildman–Crippen LogP) is 4.21. The average Bonchev–Trinajstić information content (AvgIpc) is 2.61. The van der Waals surface area contributed by atoms with E-state index in [4.69, 9.17) is 9.47 Å². The van der Waals surface area contributed by atoms with Crippen molar-refractivity contribution in [1.82, 2.24) is 9.97 Å². The van der Waals surface area contributed by atoms with Gasteiger partial charge in [0.1, 0.15) is 11.5 Å². The number of benzene rings is 2. The van der Waals surface area contributed by atoms with E-state index in [-0.39, 0.29) is 18.5 Å². The molecule has 1 N–H and O–H groups in total. The first-order valence-corrected chi connectivity index (χ1v) is 8.57. The minimum Gasteiger partial charge on any atom is -0.484 e. The quantitative estimate of drug-likeness (QED) is 0.710. The average molecular weight is 363 g/mol. The first kappa shape index (κ1) is 18.4. The van der Waals surface area contributed by atoms with Crippen molar-refractivity contribution in [1.29, 1.82) is 0 Å². The normalized spacial score (nSPS) is 10.3. The molecule has 3 rings (SSSR count). The van der Waals surface area contributed by atoms with Crippen molar-refractivity contribution < 1.29 is 14.3 Å². The molecule has 1 aromatic heterocycles. The maximum atomic E-state index is 12.1. The van der Waals surface area contributed by atoms with Crippen LogP contribution >= 0.6 is 0 Å². The third-order valence-electron chi connectivity index (χ3n) is 3.68. The van der Waals surface area contributed by atoms with Crippen LogP contribution in [0.4, 0.5) is 5.69 Å². The van der Waals surface area contributed by atoms with Gasteiger partial charge in [-0.1, -0.05) is 23.8 Å². The van der Waals surface area contributed by atoms with E-state index in [1.807, 2.05) is 51.1 Å². The number of hydrogen-bond donors (Lipinski definition) is 1. The Hall–Kier alpha value is -3.41. The van der Waals surface area contributed by atoms with E-state index in [9.17, 15) is 4.79 Å². The Bertz CT molecular complexity index is 919. The highest BCUT2D eigenvalue weighted by atomic mass is 16.5. The highest BCUT2D eigenvalue weighted by Crippen LogP contribution is 2.22. The summed E-state index contributed by atoms with van der Waals surface area (Å²) in [4.78, 5) is 20.6. The molecule has 0 unspecified atom stereocenters. The number of carbonyl (C=O) groups excluding carboxylic acids is 1. The molecule has 2 aromatic carbocycles. The zero-order valence-electron chi connectivity index (χ0n) is 15.5. The lowest BCUT2D eigenvalue weighted by Crippen LogP contribution is -2.20. The van der Waals surface area contributed by atoms with Crippen LogP contribution in [0.25, 0.3) is 0 Å². The monoisotopic (exact) mass is 363 g/mol. The second-order valence-electron chi connectivity index (χ2n) is 6.21. The number of nitrogens with one attached hydrogen (secondary N) is 1. The number of nitrogens with zero attached hydrogens (tertiary/aromatic N) is 2. The summed E-state index contributed by atoms with van der Waals surface area (Å²) in [6, 6.07) is 16.7. The lowest BCUT2D eigenvalue weighted by atomic mass is 10.2. The fourth-order valence-electron chi connectivity index (χ4n) is 2.46. The first-order valence-electron chi connectivity index (χ1n) is 8.57. The van der Waals surface area contributed by atoms with Gasteiger partial charge in [0, 0.05) is 23.1 Å². The highest BCUT2D eigenvalue weighted by molar-refractivity contribution is 5.92. The molecule has 0 aliphatic heterocycles. The maximum Gasteiger partial charge on any atom is 0.322 e. The number of carbonyl (C=O) groups is 1. The molecule has 0 saturated carbocycles. The van der Waals surface area contributed by atoms with Crippen LogP contribution in [0.2, 0.25) is 0 Å². The number of amides is 1. The van der Waals surface area contributed by atoms with Crippen molar-refractivity contribution >= 4 is 11.6 Å². The molecule has 1 amide bonds. The Morgan fingerprint density at radius 3 is 2.33 bits per heavy atom. The molecule has 138 valence electrons. The zero-order chi connectivity index (χ0) is 19.2. The van der Waals surface area contributed by atoms with E-state index in [2.05, 4.69) is 15.3 Å². The molecule has 0 radical (unpaired) electrons. The summed E-state index contributed by atoms with van der Waals surface area (Å²) in [7, 11) is 0. The Morgan fingerprint density at radius 2 is 1.63 bits per heavy atom. The summed E-state index contributed by atoms with van der Waals surface area (Å²) in [5.74, 6) is 0.937. The Morgan fingerprint density at radius 1 is 0.926 bits per heavy atom. The topological polar surface area (TPSA) is 73.3 Å². The summed E-state index contributed by atoms with van der Waals surface area (Å²) < 4.78 is 11.2. The molecule has 0 fully saturated rings. The molecule has 0 spiro atoms. The molecule has 1 heterocycles. The molecule has 0 aliphatic carbocycles. The van der Waals surface area contributed by atoms with Gasteiger partial charge in [-0.2, -0.15) is 0 Å². The fourth-order valence-corrected chi connectivity index (χ4v) is 2.46. The van der Waals surface area contributed by atoms with Gasteiger partial charge in [0.15, 0.2) is 6.61 Å². The number of hydrogen-bond acceptors (Lipinski definition) is 5. The van der Waals surface area contributed by atoms with E-state index >= 15 is 0 Å². The van der Waals surface area contributed by atoms with E-state index < -0.39 is 0 Å². The first-order chi connectivity index (χ1) is 13.0.